The van der Waals surface area contributed by atoms with Crippen molar-refractivity contribution in [2.75, 3.05) is 41.3 Å². The zero-order chi connectivity index (χ0) is 37.8. The van der Waals surface area contributed by atoms with Gasteiger partial charge in [-0.05, 0) is 67.5 Å². The Bertz CT molecular complexity index is 613. The lowest BCUT2D eigenvalue weighted by molar-refractivity contribution is -0.132. The molecule has 0 saturated carbocycles. The molecule has 0 amide bonds. The first-order valence-electron chi connectivity index (χ1n) is 22.4. The van der Waals surface area contributed by atoms with Gasteiger partial charge >= 0.3 is 5.97 Å². The van der Waals surface area contributed by atoms with Crippen LogP contribution in [-0.4, -0.2) is 62.2 Å². The van der Waals surface area contributed by atoms with Gasteiger partial charge in [-0.1, -0.05) is 219 Å². The van der Waals surface area contributed by atoms with E-state index in [1.807, 2.05) is 6.92 Å². The van der Waals surface area contributed by atoms with E-state index in [2.05, 4.69) is 51.8 Å². The van der Waals surface area contributed by atoms with Crippen LogP contribution in [-0.2, 0) is 4.79 Å². The Morgan fingerprint density at radius 1 is 0.412 bits per heavy atom. The lowest BCUT2D eigenvalue weighted by atomic mass is 10.0. The number of aliphatic carboxylic acids is 1. The summed E-state index contributed by atoms with van der Waals surface area (Å²) in [5.74, 6) is -0.827. The molecule has 0 aliphatic heterocycles. The van der Waals surface area contributed by atoms with E-state index in [1.54, 1.807) is 13.0 Å². The molecule has 5 heteroatoms. The van der Waals surface area contributed by atoms with Crippen LogP contribution in [0.1, 0.15) is 240 Å². The second-order valence-electron chi connectivity index (χ2n) is 15.8. The molecule has 0 rings (SSSR count). The molecule has 0 unspecified atom stereocenters. The maximum absolute atomic E-state index is 10.0. The molecule has 0 atom stereocenters. The number of carboxylic acid groups (broad SMARTS) is 1. The summed E-state index contributed by atoms with van der Waals surface area (Å²) in [6, 6.07) is 0. The molecule has 0 aromatic carbocycles. The first-order valence-corrected chi connectivity index (χ1v) is 22.4. The number of carbonyl (C=O) groups is 1. The second kappa shape index (κ2) is 51.7. The van der Waals surface area contributed by atoms with Crippen LogP contribution in [0.25, 0.3) is 0 Å². The minimum absolute atomic E-state index is 0. The van der Waals surface area contributed by atoms with Crippen molar-refractivity contribution in [2.45, 2.75) is 240 Å². The Morgan fingerprint density at radius 2 is 0.608 bits per heavy atom. The smallest absolute Gasteiger partial charge is 0.330 e. The largest absolute Gasteiger partial charge is 0.478 e. The molecule has 1 N–H and O–H groups in total. The number of rotatable bonds is 36. The fraction of sp³-hybridized carbons (Fsp3) is 0.935. The molecule has 0 aliphatic rings. The summed E-state index contributed by atoms with van der Waals surface area (Å²) in [5.41, 5.74) is 0.424. The number of unbranched alkanes of at least 4 members (excludes halogenated alkanes) is 30. The van der Waals surface area contributed by atoms with Gasteiger partial charge in [-0.2, -0.15) is 0 Å². The summed E-state index contributed by atoms with van der Waals surface area (Å²) in [7, 11) is 8.69. The zero-order valence-electron chi connectivity index (χ0n) is 36.5. The molecule has 0 heterocycles. The maximum Gasteiger partial charge on any atom is 0.330 e. The Balaban J connectivity index is -0.000000352. The van der Waals surface area contributed by atoms with Gasteiger partial charge in [0.25, 0.3) is 0 Å². The molecule has 0 saturated heterocycles. The molecule has 0 fully saturated rings. The zero-order valence-corrected chi connectivity index (χ0v) is 38.2. The SMILES string of the molecule is Br.CCC=C(C)C(=O)O.CCCCCCCCCCCCCCCCCCN(C)C.CCCCCCCCCCCCCCCCCCN(C)C. The van der Waals surface area contributed by atoms with Crippen LogP contribution in [0, 0.1) is 0 Å². The lowest BCUT2D eigenvalue weighted by Crippen LogP contribution is -2.12. The molecule has 4 nitrogen and oxygen atoms in total. The van der Waals surface area contributed by atoms with Crippen LogP contribution in [0.5, 0.6) is 0 Å². The van der Waals surface area contributed by atoms with Crippen molar-refractivity contribution in [3.63, 3.8) is 0 Å². The second-order valence-corrected chi connectivity index (χ2v) is 15.8. The number of allylic oxidation sites excluding steroid dienone is 1. The molecule has 0 aromatic rings. The number of hydrogen-bond donors (Lipinski definition) is 1. The van der Waals surface area contributed by atoms with E-state index in [-0.39, 0.29) is 17.0 Å². The summed E-state index contributed by atoms with van der Waals surface area (Å²) in [4.78, 5) is 14.6. The summed E-state index contributed by atoms with van der Waals surface area (Å²) in [6.07, 6.45) is 49.1. The van der Waals surface area contributed by atoms with Crippen molar-refractivity contribution in [2.24, 2.45) is 0 Å². The topological polar surface area (TPSA) is 43.8 Å². The summed E-state index contributed by atoms with van der Waals surface area (Å²) in [6.45, 7) is 10.6. The minimum Gasteiger partial charge on any atom is -0.478 e. The van der Waals surface area contributed by atoms with Gasteiger partial charge in [0.2, 0.25) is 0 Å². The monoisotopic (exact) mass is 789 g/mol. The molecule has 51 heavy (non-hydrogen) atoms. The third-order valence-electron chi connectivity index (χ3n) is 9.77. The number of nitrogens with zero attached hydrogens (tertiary/aromatic N) is 2. The van der Waals surface area contributed by atoms with Crippen molar-refractivity contribution in [3.8, 4) is 0 Å². The van der Waals surface area contributed by atoms with E-state index in [0.29, 0.717) is 5.57 Å². The van der Waals surface area contributed by atoms with Gasteiger partial charge in [-0.25, -0.2) is 4.79 Å². The normalized spacial score (nSPS) is 11.2. The van der Waals surface area contributed by atoms with Crippen LogP contribution in [0.3, 0.4) is 0 Å². The van der Waals surface area contributed by atoms with E-state index < -0.39 is 5.97 Å². The number of halogens is 1. The molecule has 0 radical (unpaired) electrons. The predicted octanol–water partition coefficient (Wildman–Crippen LogP) is 15.6. The first kappa shape index (κ1) is 57.3. The fourth-order valence-electron chi connectivity index (χ4n) is 6.35. The van der Waals surface area contributed by atoms with Gasteiger partial charge in [0, 0.05) is 5.57 Å². The average molecular weight is 790 g/mol. The first-order chi connectivity index (χ1) is 24.2. The lowest BCUT2D eigenvalue weighted by Gasteiger charge is -2.08. The molecule has 0 spiro atoms. The van der Waals surface area contributed by atoms with E-state index in [0.717, 1.165) is 6.42 Å². The molecule has 0 aromatic heterocycles. The van der Waals surface area contributed by atoms with Crippen molar-refractivity contribution < 1.29 is 9.90 Å². The van der Waals surface area contributed by atoms with Crippen LogP contribution >= 0.6 is 17.0 Å². The summed E-state index contributed by atoms with van der Waals surface area (Å²) < 4.78 is 0. The predicted molar refractivity (Wildman–Crippen MR) is 238 cm³/mol. The minimum atomic E-state index is -0.827. The quantitative estimate of drug-likeness (QED) is 0.0507. The molecule has 0 bridgehead atoms. The molecular weight excluding hydrogens is 692 g/mol. The third kappa shape index (κ3) is 61.9. The van der Waals surface area contributed by atoms with Gasteiger partial charge in [0.05, 0.1) is 0 Å². The van der Waals surface area contributed by atoms with Gasteiger partial charge in [-0.15, -0.1) is 17.0 Å². The van der Waals surface area contributed by atoms with E-state index in [4.69, 9.17) is 5.11 Å². The average Bonchev–Trinajstić information content (AvgIpc) is 3.08. The summed E-state index contributed by atoms with van der Waals surface area (Å²) >= 11 is 0. The standard InChI is InChI=1S/2C20H43N.C6H10O2.BrH/c2*1-4-5-6-7-8-9-10-11-12-13-14-15-16-17-18-19-20-21(2)3;1-3-4-5(2)6(7)8;/h2*4-20H2,1-3H3;4H,3H2,1-2H3,(H,7,8);1H. The highest BCUT2D eigenvalue weighted by molar-refractivity contribution is 8.93. The highest BCUT2D eigenvalue weighted by Gasteiger charge is 1.97. The molecule has 310 valence electrons. The van der Waals surface area contributed by atoms with E-state index in [1.165, 1.54) is 219 Å². The van der Waals surface area contributed by atoms with Crippen LogP contribution < -0.4 is 0 Å². The Kier molecular flexibility index (Phi) is 58.1. The third-order valence-corrected chi connectivity index (χ3v) is 9.77. The van der Waals surface area contributed by atoms with Gasteiger partial charge in [0.15, 0.2) is 0 Å². The van der Waals surface area contributed by atoms with Crippen molar-refractivity contribution in [3.05, 3.63) is 11.6 Å². The van der Waals surface area contributed by atoms with Gasteiger partial charge < -0.3 is 14.9 Å². The van der Waals surface area contributed by atoms with Crippen LogP contribution in [0.4, 0.5) is 0 Å². The fourth-order valence-corrected chi connectivity index (χ4v) is 6.35. The van der Waals surface area contributed by atoms with Gasteiger partial charge in [0.1, 0.15) is 0 Å². The van der Waals surface area contributed by atoms with Crippen molar-refractivity contribution in [1.29, 1.82) is 0 Å². The number of hydrogen-bond acceptors (Lipinski definition) is 3. The highest BCUT2D eigenvalue weighted by atomic mass is 79.9. The summed E-state index contributed by atoms with van der Waals surface area (Å²) in [5, 5.41) is 8.24. The molecular formula is C46H97BrN2O2. The maximum atomic E-state index is 10.0. The van der Waals surface area contributed by atoms with Crippen molar-refractivity contribution >= 4 is 23.0 Å². The highest BCUT2D eigenvalue weighted by Crippen LogP contribution is 2.15. The number of carboxylic acids is 1. The van der Waals surface area contributed by atoms with Crippen molar-refractivity contribution in [1.82, 2.24) is 9.80 Å². The Hall–Kier alpha value is -0.390. The Morgan fingerprint density at radius 3 is 0.745 bits per heavy atom. The van der Waals surface area contributed by atoms with Crippen LogP contribution in [0.2, 0.25) is 0 Å². The van der Waals surface area contributed by atoms with E-state index >= 15 is 0 Å². The van der Waals surface area contributed by atoms with Crippen LogP contribution in [0.15, 0.2) is 11.6 Å². The van der Waals surface area contributed by atoms with Gasteiger partial charge in [-0.3, -0.25) is 0 Å². The van der Waals surface area contributed by atoms with E-state index in [9.17, 15) is 4.79 Å². The molecule has 0 aliphatic carbocycles. The Labute approximate surface area is 333 Å².